The highest BCUT2D eigenvalue weighted by atomic mass is 32.2. The first-order valence-electron chi connectivity index (χ1n) is 8.11. The van der Waals surface area contributed by atoms with Crippen molar-refractivity contribution in [3.05, 3.63) is 41.3 Å². The number of nitrogens with zero attached hydrogens (tertiary/aromatic N) is 3. The fraction of sp³-hybridized carbons (Fsp3) is 0.471. The second-order valence-electron chi connectivity index (χ2n) is 5.89. The van der Waals surface area contributed by atoms with Gasteiger partial charge in [-0.05, 0) is 38.2 Å². The normalized spacial score (nSPS) is 17.0. The number of carbonyl (C=O) groups is 1. The molecule has 0 radical (unpaired) electrons. The van der Waals surface area contributed by atoms with Crippen molar-refractivity contribution in [1.82, 2.24) is 20.1 Å². The summed E-state index contributed by atoms with van der Waals surface area (Å²) in [5.74, 6) is 2.51. The maximum atomic E-state index is 12.3. The number of carbonyl (C=O) groups excluding carboxylic acids is 1. The third-order valence-corrected chi connectivity index (χ3v) is 5.02. The minimum Gasteiger partial charge on any atom is -0.473 e. The van der Waals surface area contributed by atoms with Crippen LogP contribution in [0.3, 0.4) is 0 Å². The number of rotatable bonds is 6. The molecule has 7 heteroatoms. The number of hydrogen-bond donors (Lipinski definition) is 1. The summed E-state index contributed by atoms with van der Waals surface area (Å²) in [5, 5.41) is 7.30. The van der Waals surface area contributed by atoms with Crippen molar-refractivity contribution in [1.29, 1.82) is 0 Å². The van der Waals surface area contributed by atoms with Crippen molar-refractivity contribution in [3.63, 3.8) is 0 Å². The highest BCUT2D eigenvalue weighted by Gasteiger charge is 2.18. The first-order chi connectivity index (χ1) is 11.6. The zero-order chi connectivity index (χ0) is 16.9. The molecule has 1 unspecified atom stereocenters. The molecule has 24 heavy (non-hydrogen) atoms. The molecule has 0 aliphatic carbocycles. The zero-order valence-electron chi connectivity index (χ0n) is 14.0. The maximum absolute atomic E-state index is 12.3. The molecule has 1 fully saturated rings. The van der Waals surface area contributed by atoms with Crippen LogP contribution in [0, 0.1) is 13.8 Å². The van der Waals surface area contributed by atoms with Crippen LogP contribution < -0.4 is 10.1 Å². The molecule has 0 bridgehead atoms. The monoisotopic (exact) mass is 346 g/mol. The van der Waals surface area contributed by atoms with Gasteiger partial charge in [0.25, 0.3) is 5.91 Å². The quantitative estimate of drug-likeness (QED) is 0.868. The SMILES string of the molecule is Cc1cc(C)n(CCNC(=O)c2ccnc(OC3CCSC3)c2)n1. The van der Waals surface area contributed by atoms with Crippen molar-refractivity contribution in [2.24, 2.45) is 0 Å². The van der Waals surface area contributed by atoms with E-state index in [-0.39, 0.29) is 12.0 Å². The molecule has 3 heterocycles. The molecule has 1 aliphatic heterocycles. The van der Waals surface area contributed by atoms with Crippen LogP contribution in [-0.2, 0) is 6.54 Å². The van der Waals surface area contributed by atoms with Crippen LogP contribution in [0.4, 0.5) is 0 Å². The van der Waals surface area contributed by atoms with Crippen LogP contribution in [0.2, 0.25) is 0 Å². The predicted molar refractivity (Wildman–Crippen MR) is 94.6 cm³/mol. The molecule has 1 atom stereocenters. The molecular weight excluding hydrogens is 324 g/mol. The number of nitrogens with one attached hydrogen (secondary N) is 1. The fourth-order valence-electron chi connectivity index (χ4n) is 2.67. The highest BCUT2D eigenvalue weighted by Crippen LogP contribution is 2.22. The molecule has 128 valence electrons. The lowest BCUT2D eigenvalue weighted by Gasteiger charge is -2.12. The van der Waals surface area contributed by atoms with Gasteiger partial charge in [-0.3, -0.25) is 9.48 Å². The molecule has 1 N–H and O–H groups in total. The van der Waals surface area contributed by atoms with Gasteiger partial charge in [0.2, 0.25) is 5.88 Å². The van der Waals surface area contributed by atoms with Gasteiger partial charge in [0.05, 0.1) is 12.2 Å². The van der Waals surface area contributed by atoms with Gasteiger partial charge in [-0.2, -0.15) is 16.9 Å². The topological polar surface area (TPSA) is 69.0 Å². The standard InChI is InChI=1S/C17H22N4O2S/c1-12-9-13(2)21(20-12)7-6-19-17(22)14-3-5-18-16(10-14)23-15-4-8-24-11-15/h3,5,9-10,15H,4,6-8,11H2,1-2H3,(H,19,22). The summed E-state index contributed by atoms with van der Waals surface area (Å²) in [6.07, 6.45) is 2.85. The fourth-order valence-corrected chi connectivity index (χ4v) is 3.76. The molecule has 6 nitrogen and oxygen atoms in total. The van der Waals surface area contributed by atoms with Gasteiger partial charge >= 0.3 is 0 Å². The lowest BCUT2D eigenvalue weighted by atomic mass is 10.2. The van der Waals surface area contributed by atoms with Gasteiger partial charge in [-0.25, -0.2) is 4.98 Å². The van der Waals surface area contributed by atoms with E-state index >= 15 is 0 Å². The van der Waals surface area contributed by atoms with Crippen LogP contribution in [0.15, 0.2) is 24.4 Å². The van der Waals surface area contributed by atoms with E-state index in [2.05, 4.69) is 15.4 Å². The minimum atomic E-state index is -0.121. The Balaban J connectivity index is 1.53. The molecule has 2 aromatic heterocycles. The third-order valence-electron chi connectivity index (χ3n) is 3.88. The van der Waals surface area contributed by atoms with Gasteiger partial charge in [0, 0.05) is 35.8 Å². The number of aromatic nitrogens is 3. The minimum absolute atomic E-state index is 0.121. The third kappa shape index (κ3) is 4.29. The zero-order valence-corrected chi connectivity index (χ0v) is 14.8. The van der Waals surface area contributed by atoms with E-state index in [1.807, 2.05) is 36.4 Å². The second kappa shape index (κ2) is 7.70. The van der Waals surface area contributed by atoms with Crippen molar-refractivity contribution < 1.29 is 9.53 Å². The summed E-state index contributed by atoms with van der Waals surface area (Å²) in [7, 11) is 0. The number of thioether (sulfide) groups is 1. The van der Waals surface area contributed by atoms with E-state index in [0.717, 1.165) is 29.3 Å². The maximum Gasteiger partial charge on any atom is 0.251 e. The first kappa shape index (κ1) is 16.8. The Morgan fingerprint density at radius 3 is 3.04 bits per heavy atom. The Morgan fingerprint density at radius 1 is 1.46 bits per heavy atom. The number of ether oxygens (including phenoxy) is 1. The first-order valence-corrected chi connectivity index (χ1v) is 9.27. The van der Waals surface area contributed by atoms with Gasteiger partial charge < -0.3 is 10.1 Å². The molecule has 2 aromatic rings. The van der Waals surface area contributed by atoms with Crippen LogP contribution in [0.1, 0.15) is 28.2 Å². The van der Waals surface area contributed by atoms with Crippen LogP contribution >= 0.6 is 11.8 Å². The summed E-state index contributed by atoms with van der Waals surface area (Å²) in [4.78, 5) is 16.5. The Bertz CT molecular complexity index is 710. The average Bonchev–Trinajstić information content (AvgIpc) is 3.17. The molecule has 0 aromatic carbocycles. The number of aryl methyl sites for hydroxylation is 2. The average molecular weight is 346 g/mol. The van der Waals surface area contributed by atoms with Gasteiger partial charge in [-0.1, -0.05) is 0 Å². The Labute approximate surface area is 146 Å². The largest absolute Gasteiger partial charge is 0.473 e. The summed E-state index contributed by atoms with van der Waals surface area (Å²) in [6.45, 7) is 5.15. The second-order valence-corrected chi connectivity index (χ2v) is 7.04. The van der Waals surface area contributed by atoms with Gasteiger partial charge in [0.15, 0.2) is 0 Å². The van der Waals surface area contributed by atoms with E-state index in [1.54, 1.807) is 18.3 Å². The Kier molecular flexibility index (Phi) is 5.40. The van der Waals surface area contributed by atoms with Crippen molar-refractivity contribution in [3.8, 4) is 5.88 Å². The van der Waals surface area contributed by atoms with Crippen molar-refractivity contribution in [2.45, 2.75) is 32.9 Å². The van der Waals surface area contributed by atoms with Crippen LogP contribution in [0.25, 0.3) is 0 Å². The highest BCUT2D eigenvalue weighted by molar-refractivity contribution is 7.99. The molecule has 3 rings (SSSR count). The lowest BCUT2D eigenvalue weighted by Crippen LogP contribution is -2.28. The predicted octanol–water partition coefficient (Wildman–Crippen LogP) is 2.21. The molecule has 1 aliphatic rings. The summed E-state index contributed by atoms with van der Waals surface area (Å²) < 4.78 is 7.73. The molecule has 1 amide bonds. The van der Waals surface area contributed by atoms with E-state index < -0.39 is 0 Å². The molecule has 0 saturated carbocycles. The number of amides is 1. The lowest BCUT2D eigenvalue weighted by molar-refractivity contribution is 0.0950. The van der Waals surface area contributed by atoms with Crippen LogP contribution in [0.5, 0.6) is 5.88 Å². The summed E-state index contributed by atoms with van der Waals surface area (Å²) in [5.41, 5.74) is 2.65. The Hall–Kier alpha value is -2.02. The number of hydrogen-bond acceptors (Lipinski definition) is 5. The molecule has 0 spiro atoms. The van der Waals surface area contributed by atoms with E-state index in [0.29, 0.717) is 24.5 Å². The molecular formula is C17H22N4O2S. The van der Waals surface area contributed by atoms with Crippen molar-refractivity contribution >= 4 is 17.7 Å². The molecule has 1 saturated heterocycles. The van der Waals surface area contributed by atoms with E-state index in [1.165, 1.54) is 0 Å². The van der Waals surface area contributed by atoms with Crippen LogP contribution in [-0.4, -0.2) is 44.8 Å². The smallest absolute Gasteiger partial charge is 0.251 e. The number of pyridine rings is 1. The summed E-state index contributed by atoms with van der Waals surface area (Å²) >= 11 is 1.88. The summed E-state index contributed by atoms with van der Waals surface area (Å²) in [6, 6.07) is 5.44. The van der Waals surface area contributed by atoms with Crippen molar-refractivity contribution in [2.75, 3.05) is 18.1 Å². The van der Waals surface area contributed by atoms with E-state index in [9.17, 15) is 4.79 Å². The van der Waals surface area contributed by atoms with Gasteiger partial charge in [0.1, 0.15) is 6.10 Å². The van der Waals surface area contributed by atoms with E-state index in [4.69, 9.17) is 4.74 Å². The Morgan fingerprint density at radius 2 is 2.33 bits per heavy atom. The van der Waals surface area contributed by atoms with Gasteiger partial charge in [-0.15, -0.1) is 0 Å².